The highest BCUT2D eigenvalue weighted by Gasteiger charge is 2.13. The van der Waals surface area contributed by atoms with Gasteiger partial charge < -0.3 is 5.01 Å². The van der Waals surface area contributed by atoms with Gasteiger partial charge in [0.25, 0.3) is 0 Å². The Hall–Kier alpha value is -0.500. The van der Waals surface area contributed by atoms with Crippen LogP contribution < -0.4 is 5.84 Å². The van der Waals surface area contributed by atoms with Crippen LogP contribution in [0.3, 0.4) is 0 Å². The molecule has 0 aromatic heterocycles. The van der Waals surface area contributed by atoms with Crippen molar-refractivity contribution in [2.24, 2.45) is 5.84 Å². The van der Waals surface area contributed by atoms with Gasteiger partial charge >= 0.3 is 0 Å². The molecule has 66 valence electrons. The number of hydrogen-bond donors (Lipinski definition) is 1. The molecule has 0 heterocycles. The van der Waals surface area contributed by atoms with Gasteiger partial charge in [0, 0.05) is 11.7 Å². The van der Waals surface area contributed by atoms with E-state index >= 15 is 0 Å². The Labute approximate surface area is 70.0 Å². The summed E-state index contributed by atoms with van der Waals surface area (Å²) in [7, 11) is 0. The maximum Gasteiger partial charge on any atom is 0.0470 e. The molecule has 2 nitrogen and oxygen atoms in total. The third kappa shape index (κ3) is 4.85. The first kappa shape index (κ1) is 10.5. The lowest BCUT2D eigenvalue weighted by Crippen LogP contribution is -2.42. The van der Waals surface area contributed by atoms with Gasteiger partial charge in [-0.1, -0.05) is 19.4 Å². The smallest absolute Gasteiger partial charge is 0.0470 e. The van der Waals surface area contributed by atoms with Crippen LogP contribution in [0.25, 0.3) is 0 Å². The van der Waals surface area contributed by atoms with E-state index in [1.165, 1.54) is 6.42 Å². The largest absolute Gasteiger partial charge is 0.313 e. The van der Waals surface area contributed by atoms with E-state index in [0.29, 0.717) is 0 Å². The quantitative estimate of drug-likeness (QED) is 0.501. The zero-order chi connectivity index (χ0) is 8.91. The highest BCUT2D eigenvalue weighted by molar-refractivity contribution is 4.85. The Balaban J connectivity index is 3.77. The van der Waals surface area contributed by atoms with Crippen LogP contribution >= 0.6 is 0 Å². The second-order valence-corrected chi connectivity index (χ2v) is 3.75. The molecule has 2 heteroatoms. The molecule has 0 atom stereocenters. The molecule has 0 rings (SSSR count). The summed E-state index contributed by atoms with van der Waals surface area (Å²) in [6.45, 7) is 8.41. The average molecular weight is 156 g/mol. The molecule has 0 saturated heterocycles. The zero-order valence-electron chi connectivity index (χ0n) is 8.09. The van der Waals surface area contributed by atoms with Gasteiger partial charge in [-0.15, -0.1) is 0 Å². The number of allylic oxidation sites excluding steroid dienone is 1. The van der Waals surface area contributed by atoms with Crippen molar-refractivity contribution in [2.45, 2.75) is 46.1 Å². The Bertz CT molecular complexity index is 122. The molecular weight excluding hydrogens is 136 g/mol. The minimum absolute atomic E-state index is 0.0320. The minimum Gasteiger partial charge on any atom is -0.313 e. The molecule has 0 aliphatic rings. The van der Waals surface area contributed by atoms with E-state index in [4.69, 9.17) is 5.84 Å². The summed E-state index contributed by atoms with van der Waals surface area (Å²) in [6.07, 6.45) is 6.33. The normalized spacial score (nSPS) is 12.5. The van der Waals surface area contributed by atoms with Crippen LogP contribution in [0.2, 0.25) is 0 Å². The summed E-state index contributed by atoms with van der Waals surface area (Å²) in [5.41, 5.74) is 0.0320. The molecule has 0 spiro atoms. The Kier molecular flexibility index (Phi) is 4.19. The third-order valence-electron chi connectivity index (χ3n) is 1.50. The molecule has 0 unspecified atom stereocenters. The van der Waals surface area contributed by atoms with Crippen molar-refractivity contribution in [1.29, 1.82) is 0 Å². The predicted octanol–water partition coefficient (Wildman–Crippen LogP) is 2.27. The topological polar surface area (TPSA) is 29.3 Å². The van der Waals surface area contributed by atoms with Gasteiger partial charge in [0.05, 0.1) is 0 Å². The number of nitrogens with two attached hydrogens (primary N) is 1. The van der Waals surface area contributed by atoms with Gasteiger partial charge in [-0.25, -0.2) is 5.84 Å². The van der Waals surface area contributed by atoms with E-state index in [1.807, 2.05) is 6.20 Å². The Morgan fingerprint density at radius 2 is 1.91 bits per heavy atom. The van der Waals surface area contributed by atoms with Crippen LogP contribution in [-0.2, 0) is 0 Å². The van der Waals surface area contributed by atoms with Crippen LogP contribution in [0, 0.1) is 0 Å². The molecule has 0 saturated carbocycles. The van der Waals surface area contributed by atoms with Crippen LogP contribution in [0.15, 0.2) is 12.3 Å². The Morgan fingerprint density at radius 1 is 1.36 bits per heavy atom. The number of hydrogen-bond acceptors (Lipinski definition) is 2. The lowest BCUT2D eigenvalue weighted by Gasteiger charge is -2.29. The molecule has 0 bridgehead atoms. The number of rotatable bonds is 3. The first-order valence-corrected chi connectivity index (χ1v) is 4.19. The standard InChI is InChI=1S/C9H20N2/c1-5-6-7-8-11(10)9(2,3)4/h7-8H,5-6,10H2,1-4H3/b8-7-. The highest BCUT2D eigenvalue weighted by Crippen LogP contribution is 2.08. The van der Waals surface area contributed by atoms with Crippen molar-refractivity contribution >= 4 is 0 Å². The number of unbranched alkanes of at least 4 members (excludes halogenated alkanes) is 1. The van der Waals surface area contributed by atoms with Crippen LogP contribution in [0.1, 0.15) is 40.5 Å². The van der Waals surface area contributed by atoms with Gasteiger partial charge in [0.2, 0.25) is 0 Å². The first-order valence-electron chi connectivity index (χ1n) is 4.19. The molecular formula is C9H20N2. The van der Waals surface area contributed by atoms with Crippen molar-refractivity contribution < 1.29 is 0 Å². The van der Waals surface area contributed by atoms with Gasteiger partial charge in [-0.3, -0.25) is 0 Å². The predicted molar refractivity (Wildman–Crippen MR) is 49.8 cm³/mol. The lowest BCUT2D eigenvalue weighted by atomic mass is 10.1. The van der Waals surface area contributed by atoms with Gasteiger partial charge in [0.15, 0.2) is 0 Å². The molecule has 0 radical (unpaired) electrons. The molecule has 0 aromatic rings. The average Bonchev–Trinajstić information content (AvgIpc) is 1.86. The summed E-state index contributed by atoms with van der Waals surface area (Å²) in [5.74, 6) is 5.74. The van der Waals surface area contributed by atoms with E-state index in [9.17, 15) is 0 Å². The van der Waals surface area contributed by atoms with Crippen LogP contribution in [0.5, 0.6) is 0 Å². The van der Waals surface area contributed by atoms with E-state index in [2.05, 4.69) is 33.8 Å². The monoisotopic (exact) mass is 156 g/mol. The van der Waals surface area contributed by atoms with Gasteiger partial charge in [-0.05, 0) is 27.2 Å². The SMILES string of the molecule is CCC/C=C\N(N)C(C)(C)C. The zero-order valence-corrected chi connectivity index (χ0v) is 8.09. The summed E-state index contributed by atoms with van der Waals surface area (Å²) in [4.78, 5) is 0. The maximum atomic E-state index is 5.74. The molecule has 0 fully saturated rings. The molecule has 0 aliphatic carbocycles. The van der Waals surface area contributed by atoms with E-state index in [-0.39, 0.29) is 5.54 Å². The van der Waals surface area contributed by atoms with E-state index < -0.39 is 0 Å². The van der Waals surface area contributed by atoms with E-state index in [0.717, 1.165) is 6.42 Å². The van der Waals surface area contributed by atoms with Crippen LogP contribution in [-0.4, -0.2) is 10.5 Å². The summed E-state index contributed by atoms with van der Waals surface area (Å²) < 4.78 is 0. The number of hydrazine groups is 1. The van der Waals surface area contributed by atoms with Gasteiger partial charge in [0.1, 0.15) is 0 Å². The maximum absolute atomic E-state index is 5.74. The van der Waals surface area contributed by atoms with E-state index in [1.54, 1.807) is 5.01 Å². The summed E-state index contributed by atoms with van der Waals surface area (Å²) in [6, 6.07) is 0. The van der Waals surface area contributed by atoms with Crippen molar-refractivity contribution in [3.8, 4) is 0 Å². The molecule has 0 aromatic carbocycles. The fourth-order valence-corrected chi connectivity index (χ4v) is 0.578. The first-order chi connectivity index (χ1) is 4.98. The second-order valence-electron chi connectivity index (χ2n) is 3.75. The number of nitrogens with zero attached hydrogens (tertiary/aromatic N) is 1. The lowest BCUT2D eigenvalue weighted by molar-refractivity contribution is 0.210. The molecule has 0 amide bonds. The van der Waals surface area contributed by atoms with Crippen LogP contribution in [0.4, 0.5) is 0 Å². The molecule has 11 heavy (non-hydrogen) atoms. The summed E-state index contributed by atoms with van der Waals surface area (Å²) in [5, 5.41) is 1.74. The third-order valence-corrected chi connectivity index (χ3v) is 1.50. The Morgan fingerprint density at radius 3 is 2.27 bits per heavy atom. The second kappa shape index (κ2) is 4.39. The van der Waals surface area contributed by atoms with Gasteiger partial charge in [-0.2, -0.15) is 0 Å². The summed E-state index contributed by atoms with van der Waals surface area (Å²) >= 11 is 0. The van der Waals surface area contributed by atoms with Crippen molar-refractivity contribution in [3.63, 3.8) is 0 Å². The van der Waals surface area contributed by atoms with Crippen molar-refractivity contribution in [2.75, 3.05) is 0 Å². The molecule has 2 N–H and O–H groups in total. The minimum atomic E-state index is 0.0320. The fourth-order valence-electron chi connectivity index (χ4n) is 0.578. The van der Waals surface area contributed by atoms with Crippen molar-refractivity contribution in [1.82, 2.24) is 5.01 Å². The fraction of sp³-hybridized carbons (Fsp3) is 0.778. The molecule has 0 aliphatic heterocycles. The highest BCUT2D eigenvalue weighted by atomic mass is 15.4. The van der Waals surface area contributed by atoms with Crippen molar-refractivity contribution in [3.05, 3.63) is 12.3 Å².